The first kappa shape index (κ1) is 54.6. The Morgan fingerprint density at radius 1 is 0.676 bits per heavy atom. The number of nitrogens with zero attached hydrogens (tertiary/aromatic N) is 1. The maximum atomic E-state index is 14.1. The minimum atomic E-state index is -3.09. The van der Waals surface area contributed by atoms with Gasteiger partial charge >= 0.3 is 32.4 Å². The summed E-state index contributed by atoms with van der Waals surface area (Å²) in [7, 11) is -0.587. The summed E-state index contributed by atoms with van der Waals surface area (Å²) < 4.78 is 45.7. The molecule has 4 aromatic rings. The van der Waals surface area contributed by atoms with E-state index in [4.69, 9.17) is 37.6 Å². The van der Waals surface area contributed by atoms with Crippen LogP contribution in [0.1, 0.15) is 77.5 Å². The van der Waals surface area contributed by atoms with Gasteiger partial charge in [-0.1, -0.05) is 118 Å². The molecule has 0 atom stereocenters. The van der Waals surface area contributed by atoms with E-state index in [1.165, 1.54) is 14.2 Å². The van der Waals surface area contributed by atoms with Crippen molar-refractivity contribution >= 4 is 48.9 Å². The number of ether oxygens (including phenoxy) is 7. The highest BCUT2D eigenvalue weighted by atomic mass is 28.4. The van der Waals surface area contributed by atoms with E-state index >= 15 is 0 Å². The van der Waals surface area contributed by atoms with Gasteiger partial charge in [0.15, 0.2) is 0 Å². The number of esters is 2. The molecule has 0 saturated carbocycles. The normalized spacial score (nSPS) is 11.9. The van der Waals surface area contributed by atoms with Crippen LogP contribution in [0.2, 0.25) is 5.04 Å². The third-order valence-electron chi connectivity index (χ3n) is 10.6. The van der Waals surface area contributed by atoms with Crippen LogP contribution in [0.5, 0.6) is 5.75 Å². The number of benzene rings is 4. The Bertz CT molecular complexity index is 2150. The van der Waals surface area contributed by atoms with Crippen LogP contribution < -0.4 is 20.1 Å². The van der Waals surface area contributed by atoms with Crippen molar-refractivity contribution in [1.82, 2.24) is 10.2 Å². The molecule has 0 bridgehead atoms. The molecule has 0 aliphatic carbocycles. The highest BCUT2D eigenvalue weighted by Crippen LogP contribution is 2.38. The Hall–Kier alpha value is -6.00. The third-order valence-corrected chi connectivity index (χ3v) is 15.5. The maximum absolute atomic E-state index is 14.1. The molecule has 4 aromatic carbocycles. The minimum Gasteiger partial charge on any atom is -0.534 e. The van der Waals surface area contributed by atoms with Gasteiger partial charge in [0.1, 0.15) is 18.0 Å². The number of hydrogen-bond donors (Lipinski definition) is 1. The standard InChI is InChI=1S/C53H70N2O12Si/c1-52(2,3)66-50(58)54-28-18-30-62-32-34-64-35-33-63-31-19-29-55(51(59)65-40-41-20-12-9-13-21-41)39-44-37-45(27-26-42(44)36-43(49(57)61-8)38-48(56)60-7)67-68(53(4,5)6,46-22-14-10-15-23-46)47-24-16-11-17-25-47/h9-17,20-27,36-37H,18-19,28-35,38-40H2,1-8H3,(H,54,58)/b43-36+. The van der Waals surface area contributed by atoms with E-state index in [1.54, 1.807) is 11.0 Å². The lowest BCUT2D eigenvalue weighted by Crippen LogP contribution is -2.68. The fourth-order valence-corrected chi connectivity index (χ4v) is 11.7. The van der Waals surface area contributed by atoms with E-state index in [-0.39, 0.29) is 36.7 Å². The van der Waals surface area contributed by atoms with Crippen molar-refractivity contribution in [3.05, 3.63) is 131 Å². The van der Waals surface area contributed by atoms with Crippen LogP contribution in [-0.4, -0.2) is 110 Å². The highest BCUT2D eigenvalue weighted by Gasteiger charge is 2.52. The number of carbonyl (C=O) groups is 4. The van der Waals surface area contributed by atoms with Crippen molar-refractivity contribution in [2.45, 2.75) is 84.6 Å². The topological polar surface area (TPSA) is 157 Å². The molecule has 0 aliphatic heterocycles. The molecule has 368 valence electrons. The van der Waals surface area contributed by atoms with E-state index in [0.717, 1.165) is 15.9 Å². The average Bonchev–Trinajstić information content (AvgIpc) is 3.32. The summed E-state index contributed by atoms with van der Waals surface area (Å²) in [6.45, 7) is 15.1. The van der Waals surface area contributed by atoms with E-state index < -0.39 is 38.0 Å². The van der Waals surface area contributed by atoms with Crippen LogP contribution in [0.3, 0.4) is 0 Å². The Balaban J connectivity index is 1.54. The summed E-state index contributed by atoms with van der Waals surface area (Å²) in [6.07, 6.45) is 1.38. The largest absolute Gasteiger partial charge is 0.534 e. The van der Waals surface area contributed by atoms with Crippen molar-refractivity contribution < 1.29 is 56.8 Å². The van der Waals surface area contributed by atoms with Gasteiger partial charge in [0.05, 0.1) is 47.1 Å². The monoisotopic (exact) mass is 954 g/mol. The van der Waals surface area contributed by atoms with Crippen LogP contribution in [0.4, 0.5) is 9.59 Å². The summed E-state index contributed by atoms with van der Waals surface area (Å²) in [6, 6.07) is 35.5. The van der Waals surface area contributed by atoms with Crippen LogP contribution in [0.15, 0.2) is 115 Å². The van der Waals surface area contributed by atoms with Crippen LogP contribution in [-0.2, 0) is 55.9 Å². The predicted molar refractivity (Wildman–Crippen MR) is 264 cm³/mol. The zero-order valence-electron chi connectivity index (χ0n) is 41.0. The van der Waals surface area contributed by atoms with Crippen molar-refractivity contribution in [2.75, 3.05) is 67.0 Å². The van der Waals surface area contributed by atoms with E-state index in [0.29, 0.717) is 75.9 Å². The maximum Gasteiger partial charge on any atom is 0.410 e. The highest BCUT2D eigenvalue weighted by molar-refractivity contribution is 7.00. The molecule has 0 aromatic heterocycles. The lowest BCUT2D eigenvalue weighted by Gasteiger charge is -2.43. The zero-order valence-corrected chi connectivity index (χ0v) is 42.0. The van der Waals surface area contributed by atoms with Crippen LogP contribution >= 0.6 is 0 Å². The number of nitrogens with one attached hydrogen (secondary N) is 1. The first-order chi connectivity index (χ1) is 32.6. The number of hydrogen-bond acceptors (Lipinski definition) is 12. The third kappa shape index (κ3) is 17.9. The molecule has 0 fully saturated rings. The average molecular weight is 955 g/mol. The summed E-state index contributed by atoms with van der Waals surface area (Å²) in [4.78, 5) is 53.0. The minimum absolute atomic E-state index is 0.0598. The SMILES string of the molecule is COC(=O)C/C(=C\c1ccc(O[Si](c2ccccc2)(c2ccccc2)C(C)(C)C)cc1CN(CCCOCCOCCOCCCNC(=O)OC(C)(C)C)C(=O)OCc1ccccc1)C(=O)OC. The zero-order chi connectivity index (χ0) is 49.4. The summed E-state index contributed by atoms with van der Waals surface area (Å²) in [5.41, 5.74) is 1.57. The Labute approximate surface area is 403 Å². The molecule has 0 aliphatic rings. The van der Waals surface area contributed by atoms with Crippen molar-refractivity contribution in [3.63, 3.8) is 0 Å². The molecule has 2 amide bonds. The van der Waals surface area contributed by atoms with Gasteiger partial charge in [0, 0.05) is 38.4 Å². The molecule has 14 nitrogen and oxygen atoms in total. The number of amides is 2. The first-order valence-corrected chi connectivity index (χ1v) is 24.9. The van der Waals surface area contributed by atoms with Crippen molar-refractivity contribution in [2.24, 2.45) is 0 Å². The molecule has 0 unspecified atom stereocenters. The van der Waals surface area contributed by atoms with Crippen LogP contribution in [0, 0.1) is 0 Å². The van der Waals surface area contributed by atoms with Gasteiger partial charge in [-0.15, -0.1) is 0 Å². The second-order valence-electron chi connectivity index (χ2n) is 18.0. The molecular weight excluding hydrogens is 885 g/mol. The molecule has 0 spiro atoms. The Kier molecular flexibility index (Phi) is 22.3. The second kappa shape index (κ2) is 27.7. The fourth-order valence-electron chi connectivity index (χ4n) is 7.31. The molecule has 0 heterocycles. The molecule has 68 heavy (non-hydrogen) atoms. The molecular formula is C53H70N2O12Si. The summed E-state index contributed by atoms with van der Waals surface area (Å²) in [5.74, 6) is -0.728. The van der Waals surface area contributed by atoms with Crippen LogP contribution in [0.25, 0.3) is 6.08 Å². The van der Waals surface area contributed by atoms with Gasteiger partial charge in [-0.3, -0.25) is 4.79 Å². The predicted octanol–water partition coefficient (Wildman–Crippen LogP) is 8.24. The number of rotatable bonds is 26. The van der Waals surface area contributed by atoms with Gasteiger partial charge in [-0.05, 0) is 83.9 Å². The molecule has 0 saturated heterocycles. The number of carbonyl (C=O) groups excluding carboxylic acids is 4. The van der Waals surface area contributed by atoms with Crippen molar-refractivity contribution in [1.29, 1.82) is 0 Å². The van der Waals surface area contributed by atoms with Gasteiger partial charge in [-0.2, -0.15) is 0 Å². The number of methoxy groups -OCH3 is 2. The first-order valence-electron chi connectivity index (χ1n) is 23.0. The molecule has 15 heteroatoms. The lowest BCUT2D eigenvalue weighted by molar-refractivity contribution is -0.143. The second-order valence-corrected chi connectivity index (χ2v) is 22.2. The Morgan fingerprint density at radius 3 is 1.78 bits per heavy atom. The smallest absolute Gasteiger partial charge is 0.410 e. The summed E-state index contributed by atoms with van der Waals surface area (Å²) >= 11 is 0. The van der Waals surface area contributed by atoms with E-state index in [2.05, 4.69) is 50.4 Å². The quantitative estimate of drug-likeness (QED) is 0.0212. The van der Waals surface area contributed by atoms with Gasteiger partial charge < -0.3 is 47.8 Å². The van der Waals surface area contributed by atoms with Gasteiger partial charge in [0.2, 0.25) is 0 Å². The molecule has 4 rings (SSSR count). The van der Waals surface area contributed by atoms with Gasteiger partial charge in [0.25, 0.3) is 0 Å². The Morgan fingerprint density at radius 2 is 1.24 bits per heavy atom. The van der Waals surface area contributed by atoms with Gasteiger partial charge in [-0.25, -0.2) is 14.4 Å². The lowest BCUT2D eigenvalue weighted by atomic mass is 10.0. The molecule has 0 radical (unpaired) electrons. The number of alkyl carbamates (subject to hydrolysis) is 1. The molecule has 1 N–H and O–H groups in total. The fraction of sp³-hybridized carbons (Fsp3) is 0.434. The summed E-state index contributed by atoms with van der Waals surface area (Å²) in [5, 5.41) is 4.53. The van der Waals surface area contributed by atoms with Crippen molar-refractivity contribution in [3.8, 4) is 5.75 Å². The van der Waals surface area contributed by atoms with E-state index in [1.807, 2.05) is 106 Å². The van der Waals surface area contributed by atoms with E-state index in [9.17, 15) is 19.2 Å².